The Kier molecular flexibility index (Phi) is 6.05. The molecule has 0 aliphatic rings. The molecule has 4 aromatic carbocycles. The van der Waals surface area contributed by atoms with Crippen LogP contribution < -0.4 is 0 Å². The minimum atomic E-state index is -1.27. The second kappa shape index (κ2) is 9.97. The summed E-state index contributed by atoms with van der Waals surface area (Å²) < 4.78 is 3.41. The third kappa shape index (κ3) is 3.98. The molecule has 0 bridgehead atoms. The van der Waals surface area contributed by atoms with Crippen molar-refractivity contribution in [1.29, 1.82) is 5.26 Å². The lowest BCUT2D eigenvalue weighted by atomic mass is 9.90. The molecule has 0 spiro atoms. The Bertz CT molecular complexity index is 1670. The minimum Gasteiger partial charge on any atom is -0.362 e. The van der Waals surface area contributed by atoms with E-state index in [0.29, 0.717) is 22.9 Å². The largest absolute Gasteiger partial charge is 0.362 e. The van der Waals surface area contributed by atoms with E-state index >= 15 is 0 Å². The molecule has 2 heterocycles. The molecule has 0 N–H and O–H groups in total. The van der Waals surface area contributed by atoms with Crippen LogP contribution in [0.15, 0.2) is 133 Å². The van der Waals surface area contributed by atoms with E-state index in [4.69, 9.17) is 16.8 Å². The van der Waals surface area contributed by atoms with Crippen molar-refractivity contribution >= 4 is 5.82 Å². The van der Waals surface area contributed by atoms with Gasteiger partial charge in [0.25, 0.3) is 11.5 Å². The molecule has 0 saturated heterocycles. The van der Waals surface area contributed by atoms with Gasteiger partial charge < -0.3 is 4.85 Å². The highest BCUT2D eigenvalue weighted by Crippen LogP contribution is 2.41. The van der Waals surface area contributed by atoms with E-state index in [9.17, 15) is 5.26 Å². The van der Waals surface area contributed by atoms with Gasteiger partial charge in [-0.05, 0) is 6.07 Å². The molecular formula is C33H22N6. The summed E-state index contributed by atoms with van der Waals surface area (Å²) >= 11 is 0. The van der Waals surface area contributed by atoms with Crippen LogP contribution in [0.3, 0.4) is 0 Å². The molecule has 6 aromatic rings. The highest BCUT2D eigenvalue weighted by Gasteiger charge is 2.47. The van der Waals surface area contributed by atoms with Crippen molar-refractivity contribution in [2.75, 3.05) is 0 Å². The van der Waals surface area contributed by atoms with Crippen molar-refractivity contribution in [1.82, 2.24) is 19.6 Å². The molecule has 0 aliphatic heterocycles. The third-order valence-electron chi connectivity index (χ3n) is 6.73. The number of hydrogen-bond acceptors (Lipinski definition) is 3. The highest BCUT2D eigenvalue weighted by molar-refractivity contribution is 5.65. The zero-order valence-electron chi connectivity index (χ0n) is 20.9. The predicted octanol–water partition coefficient (Wildman–Crippen LogP) is 7.13. The first kappa shape index (κ1) is 23.7. The monoisotopic (exact) mass is 502 g/mol. The molecule has 6 nitrogen and oxygen atoms in total. The molecular weight excluding hydrogens is 480 g/mol. The van der Waals surface area contributed by atoms with E-state index in [0.717, 1.165) is 22.3 Å². The summed E-state index contributed by atoms with van der Waals surface area (Å²) in [6.07, 6.45) is 0. The average molecular weight is 503 g/mol. The number of rotatable bonds is 6. The summed E-state index contributed by atoms with van der Waals surface area (Å²) in [6.45, 7) is 8.14. The summed E-state index contributed by atoms with van der Waals surface area (Å²) in [4.78, 5) is 3.91. The van der Waals surface area contributed by atoms with Crippen molar-refractivity contribution < 1.29 is 0 Å². The van der Waals surface area contributed by atoms with Crippen molar-refractivity contribution in [3.05, 3.63) is 162 Å². The first-order valence-electron chi connectivity index (χ1n) is 12.5. The Morgan fingerprint density at radius 2 is 1.05 bits per heavy atom. The van der Waals surface area contributed by atoms with Crippen LogP contribution in [-0.4, -0.2) is 19.6 Å². The second-order valence-corrected chi connectivity index (χ2v) is 8.99. The first-order valence-corrected chi connectivity index (χ1v) is 12.5. The molecule has 0 amide bonds. The number of nitrogens with zero attached hydrogens (tertiary/aromatic N) is 6. The van der Waals surface area contributed by atoms with Gasteiger partial charge in [-0.2, -0.15) is 19.7 Å². The van der Waals surface area contributed by atoms with E-state index in [1.165, 1.54) is 0 Å². The number of aromatic nitrogens is 4. The lowest BCUT2D eigenvalue weighted by molar-refractivity contribution is 0.300. The maximum atomic E-state index is 10.4. The summed E-state index contributed by atoms with van der Waals surface area (Å²) in [7, 11) is 0. The maximum Gasteiger partial charge on any atom is 0.262 e. The predicted molar refractivity (Wildman–Crippen MR) is 151 cm³/mol. The molecule has 0 atom stereocenters. The summed E-state index contributed by atoms with van der Waals surface area (Å²) in [5.74, 6) is 0.321. The van der Waals surface area contributed by atoms with Gasteiger partial charge in [0.2, 0.25) is 0 Å². The van der Waals surface area contributed by atoms with Gasteiger partial charge in [0.15, 0.2) is 0 Å². The Balaban J connectivity index is 1.75. The van der Waals surface area contributed by atoms with Gasteiger partial charge in [-0.1, -0.05) is 133 Å². The van der Waals surface area contributed by atoms with E-state index in [1.54, 1.807) is 21.5 Å². The van der Waals surface area contributed by atoms with E-state index in [-0.39, 0.29) is 0 Å². The Morgan fingerprint density at radius 3 is 1.51 bits per heavy atom. The Morgan fingerprint density at radius 1 is 0.615 bits per heavy atom. The Labute approximate surface area is 226 Å². The van der Waals surface area contributed by atoms with Gasteiger partial charge in [0, 0.05) is 28.3 Å². The number of benzene rings is 4. The molecule has 2 aromatic heterocycles. The normalized spacial score (nSPS) is 11.0. The number of nitriles is 1. The highest BCUT2D eigenvalue weighted by atomic mass is 15.5. The standard InChI is InChI=1S/C33H22N6/c1-35-32-23-31(26-16-8-3-9-17-26)37-39(32)33(27-18-10-4-11-19-27,28-20-12-5-13-21-28)38-29(24-34)22-30(36-38)25-14-6-2-7-15-25/h2-23H. The van der Waals surface area contributed by atoms with Crippen LogP contribution in [0.4, 0.5) is 5.82 Å². The first-order chi connectivity index (χ1) is 19.3. The van der Waals surface area contributed by atoms with Crippen LogP contribution in [0.25, 0.3) is 27.4 Å². The van der Waals surface area contributed by atoms with Gasteiger partial charge in [0.05, 0.1) is 5.69 Å². The average Bonchev–Trinajstić information content (AvgIpc) is 3.65. The lowest BCUT2D eigenvalue weighted by Gasteiger charge is -2.33. The number of hydrogen-bond donors (Lipinski definition) is 0. The van der Waals surface area contributed by atoms with Crippen LogP contribution in [0.2, 0.25) is 0 Å². The van der Waals surface area contributed by atoms with E-state index in [1.807, 2.05) is 121 Å². The van der Waals surface area contributed by atoms with Crippen LogP contribution in [0.5, 0.6) is 0 Å². The van der Waals surface area contributed by atoms with E-state index < -0.39 is 5.66 Å². The van der Waals surface area contributed by atoms with Gasteiger partial charge in [-0.3, -0.25) is 0 Å². The fourth-order valence-electron chi connectivity index (χ4n) is 4.98. The van der Waals surface area contributed by atoms with Crippen molar-refractivity contribution in [3.63, 3.8) is 0 Å². The van der Waals surface area contributed by atoms with Gasteiger partial charge >= 0.3 is 0 Å². The van der Waals surface area contributed by atoms with Gasteiger partial charge in [-0.15, -0.1) is 0 Å². The molecule has 6 heteroatoms. The molecule has 0 aliphatic carbocycles. The van der Waals surface area contributed by atoms with Gasteiger partial charge in [0.1, 0.15) is 17.5 Å². The quantitative estimate of drug-likeness (QED) is 0.228. The van der Waals surface area contributed by atoms with Crippen LogP contribution in [0, 0.1) is 17.9 Å². The van der Waals surface area contributed by atoms with Crippen molar-refractivity contribution in [3.8, 4) is 28.6 Å². The second-order valence-electron chi connectivity index (χ2n) is 8.99. The minimum absolute atomic E-state index is 0.321. The lowest BCUT2D eigenvalue weighted by Crippen LogP contribution is -2.45. The van der Waals surface area contributed by atoms with Crippen LogP contribution >= 0.6 is 0 Å². The molecule has 0 fully saturated rings. The fourth-order valence-corrected chi connectivity index (χ4v) is 4.98. The third-order valence-corrected chi connectivity index (χ3v) is 6.73. The van der Waals surface area contributed by atoms with Crippen molar-refractivity contribution in [2.24, 2.45) is 0 Å². The zero-order chi connectivity index (χ0) is 26.7. The topological polar surface area (TPSA) is 63.8 Å². The van der Waals surface area contributed by atoms with Crippen LogP contribution in [-0.2, 0) is 5.66 Å². The molecule has 0 unspecified atom stereocenters. The molecule has 0 radical (unpaired) electrons. The van der Waals surface area contributed by atoms with Crippen LogP contribution in [0.1, 0.15) is 16.8 Å². The summed E-state index contributed by atoms with van der Waals surface area (Å²) in [5, 5.41) is 20.5. The molecule has 0 saturated carbocycles. The maximum absolute atomic E-state index is 10.4. The molecule has 6 rings (SSSR count). The smallest absolute Gasteiger partial charge is 0.262 e. The zero-order valence-corrected chi connectivity index (χ0v) is 20.9. The van der Waals surface area contributed by atoms with E-state index in [2.05, 4.69) is 10.9 Å². The summed E-state index contributed by atoms with van der Waals surface area (Å²) in [6, 6.07) is 45.1. The SMILES string of the molecule is [C-]#[N+]c1cc(-c2ccccc2)nn1C(c1ccccc1)(c1ccccc1)n1nc(-c2ccccc2)cc1C#N. The Hall–Kier alpha value is -5.72. The fraction of sp³-hybridized carbons (Fsp3) is 0.0303. The molecule has 39 heavy (non-hydrogen) atoms. The summed E-state index contributed by atoms with van der Waals surface area (Å²) in [5.41, 5.74) is 3.78. The molecule has 184 valence electrons. The van der Waals surface area contributed by atoms with Crippen molar-refractivity contribution in [2.45, 2.75) is 5.66 Å². The van der Waals surface area contributed by atoms with Gasteiger partial charge in [-0.25, -0.2) is 0 Å².